The molecule has 0 bridgehead atoms. The fourth-order valence-electron chi connectivity index (χ4n) is 6.17. The number of benzene rings is 3. The Kier molecular flexibility index (Phi) is 4.73. The monoisotopic (exact) mass is 491 g/mol. The van der Waals surface area contributed by atoms with Crippen LogP contribution in [0, 0.1) is 0 Å². The maximum Gasteiger partial charge on any atom is 0.260 e. The number of hydrogen-bond donors (Lipinski definition) is 0. The number of carbonyl (C=O) groups is 3. The van der Waals surface area contributed by atoms with Crippen LogP contribution in [0.25, 0.3) is 11.0 Å². The molecule has 184 valence electrons. The van der Waals surface area contributed by atoms with Gasteiger partial charge in [0.25, 0.3) is 11.8 Å². The first-order chi connectivity index (χ1) is 18.0. The van der Waals surface area contributed by atoms with Crippen LogP contribution in [0.3, 0.4) is 0 Å². The van der Waals surface area contributed by atoms with Crippen LogP contribution in [0.1, 0.15) is 57.2 Å². The highest BCUT2D eigenvalue weighted by atomic mass is 16.2. The summed E-state index contributed by atoms with van der Waals surface area (Å²) in [5, 5.41) is 0. The Morgan fingerprint density at radius 3 is 2.49 bits per heavy atom. The predicted molar refractivity (Wildman–Crippen MR) is 138 cm³/mol. The van der Waals surface area contributed by atoms with E-state index in [-0.39, 0.29) is 30.3 Å². The number of imidazole rings is 1. The van der Waals surface area contributed by atoms with Crippen molar-refractivity contribution in [3.8, 4) is 0 Å². The van der Waals surface area contributed by atoms with Crippen molar-refractivity contribution in [3.63, 3.8) is 0 Å². The lowest BCUT2D eigenvalue weighted by atomic mass is 10.0. The number of hydrogen-bond acceptors (Lipinski definition) is 4. The molecule has 1 saturated heterocycles. The summed E-state index contributed by atoms with van der Waals surface area (Å²) in [4.78, 5) is 50.9. The number of para-hydroxylation sites is 3. The molecule has 2 atom stereocenters. The lowest BCUT2D eigenvalue weighted by Gasteiger charge is -2.41. The fourth-order valence-corrected chi connectivity index (χ4v) is 6.17. The molecule has 3 aliphatic heterocycles. The van der Waals surface area contributed by atoms with E-state index in [1.165, 1.54) is 0 Å². The van der Waals surface area contributed by atoms with E-state index in [4.69, 9.17) is 4.98 Å². The average molecular weight is 492 g/mol. The molecule has 8 heteroatoms. The maximum atomic E-state index is 13.9. The highest BCUT2D eigenvalue weighted by Gasteiger charge is 2.48. The van der Waals surface area contributed by atoms with Crippen LogP contribution >= 0.6 is 0 Å². The first kappa shape index (κ1) is 21.8. The predicted octanol–water partition coefficient (Wildman–Crippen LogP) is 4.05. The van der Waals surface area contributed by atoms with Gasteiger partial charge in [-0.25, -0.2) is 4.98 Å². The molecule has 3 amide bonds. The SMILES string of the molecule is Cn1c([C@@H]2CCCN2C(=O)CN2C(=O)c3ccccc3N3C(=O)c4ccccc4[C@@H]23)nc2ccccc21. The summed E-state index contributed by atoms with van der Waals surface area (Å²) < 4.78 is 2.06. The van der Waals surface area contributed by atoms with Gasteiger partial charge in [-0.2, -0.15) is 0 Å². The number of rotatable bonds is 3. The molecule has 4 heterocycles. The second-order valence-electron chi connectivity index (χ2n) is 9.85. The van der Waals surface area contributed by atoms with Gasteiger partial charge in [-0.05, 0) is 43.2 Å². The van der Waals surface area contributed by atoms with Crippen molar-refractivity contribution in [1.29, 1.82) is 0 Å². The molecule has 1 fully saturated rings. The third kappa shape index (κ3) is 3.08. The average Bonchev–Trinajstić information content (AvgIpc) is 3.62. The van der Waals surface area contributed by atoms with E-state index in [1.807, 2.05) is 60.5 Å². The van der Waals surface area contributed by atoms with Crippen LogP contribution in [0.4, 0.5) is 5.69 Å². The summed E-state index contributed by atoms with van der Waals surface area (Å²) in [7, 11) is 1.98. The van der Waals surface area contributed by atoms with E-state index in [0.717, 1.165) is 35.3 Å². The van der Waals surface area contributed by atoms with Gasteiger partial charge in [-0.15, -0.1) is 0 Å². The first-order valence-electron chi connectivity index (χ1n) is 12.6. The van der Waals surface area contributed by atoms with Gasteiger partial charge < -0.3 is 14.4 Å². The number of likely N-dealkylation sites (tertiary alicyclic amines) is 1. The van der Waals surface area contributed by atoms with E-state index in [9.17, 15) is 14.4 Å². The van der Waals surface area contributed by atoms with E-state index in [2.05, 4.69) is 4.57 Å². The van der Waals surface area contributed by atoms with Gasteiger partial charge in [-0.3, -0.25) is 19.3 Å². The summed E-state index contributed by atoms with van der Waals surface area (Å²) in [6, 6.07) is 22.3. The van der Waals surface area contributed by atoms with Crippen LogP contribution in [-0.4, -0.2) is 50.2 Å². The van der Waals surface area contributed by atoms with Gasteiger partial charge in [0.2, 0.25) is 5.91 Å². The van der Waals surface area contributed by atoms with Crippen molar-refractivity contribution in [2.75, 3.05) is 18.0 Å². The molecule has 0 aliphatic carbocycles. The van der Waals surface area contributed by atoms with Crippen LogP contribution in [0.15, 0.2) is 72.8 Å². The molecule has 7 rings (SSSR count). The topological polar surface area (TPSA) is 78.8 Å². The van der Waals surface area contributed by atoms with Crippen molar-refractivity contribution in [3.05, 3.63) is 95.3 Å². The number of aryl methyl sites for hydroxylation is 1. The zero-order chi connectivity index (χ0) is 25.3. The summed E-state index contributed by atoms with van der Waals surface area (Å²) in [6.45, 7) is 0.492. The van der Waals surface area contributed by atoms with E-state index in [0.29, 0.717) is 23.4 Å². The van der Waals surface area contributed by atoms with Crippen molar-refractivity contribution >= 4 is 34.4 Å². The molecule has 0 N–H and O–H groups in total. The third-order valence-electron chi connectivity index (χ3n) is 7.88. The minimum absolute atomic E-state index is 0.115. The number of carbonyl (C=O) groups excluding carboxylic acids is 3. The molecule has 3 aliphatic rings. The molecule has 0 saturated carbocycles. The number of nitrogens with zero attached hydrogens (tertiary/aromatic N) is 5. The third-order valence-corrected chi connectivity index (χ3v) is 7.88. The lowest BCUT2D eigenvalue weighted by Crippen LogP contribution is -2.52. The second-order valence-corrected chi connectivity index (χ2v) is 9.85. The highest BCUT2D eigenvalue weighted by Crippen LogP contribution is 2.45. The standard InChI is InChI=1S/C29H25N5O3/c1-31-23-14-7-5-12-21(23)30-26(31)24-15-8-16-32(24)25(35)17-33-27-18-9-2-3-10-19(18)29(37)34(27)22-13-6-4-11-20(22)28(33)36/h2-7,9-14,24,27H,8,15-17H2,1H3/t24-,27-/m0/s1. The van der Waals surface area contributed by atoms with Gasteiger partial charge in [0.05, 0.1) is 28.3 Å². The van der Waals surface area contributed by atoms with Crippen LogP contribution in [0.2, 0.25) is 0 Å². The Balaban J connectivity index is 1.25. The van der Waals surface area contributed by atoms with Crippen molar-refractivity contribution in [2.24, 2.45) is 7.05 Å². The zero-order valence-corrected chi connectivity index (χ0v) is 20.4. The lowest BCUT2D eigenvalue weighted by molar-refractivity contribution is -0.133. The Bertz CT molecular complexity index is 1610. The number of anilines is 1. The van der Waals surface area contributed by atoms with Crippen molar-refractivity contribution in [1.82, 2.24) is 19.4 Å². The van der Waals surface area contributed by atoms with Gasteiger partial charge >= 0.3 is 0 Å². The fraction of sp³-hybridized carbons (Fsp3) is 0.241. The van der Waals surface area contributed by atoms with Gasteiger partial charge in [0, 0.05) is 24.7 Å². The molecular formula is C29H25N5O3. The van der Waals surface area contributed by atoms with Crippen molar-refractivity contribution < 1.29 is 14.4 Å². The van der Waals surface area contributed by atoms with E-state index in [1.54, 1.807) is 34.1 Å². The largest absolute Gasteiger partial charge is 0.331 e. The molecule has 1 aromatic heterocycles. The van der Waals surface area contributed by atoms with Crippen LogP contribution in [-0.2, 0) is 11.8 Å². The Morgan fingerprint density at radius 2 is 1.65 bits per heavy atom. The molecule has 0 spiro atoms. The second kappa shape index (κ2) is 8.03. The number of amides is 3. The van der Waals surface area contributed by atoms with Crippen LogP contribution < -0.4 is 4.90 Å². The summed E-state index contributed by atoms with van der Waals surface area (Å²) in [5.74, 6) is 0.314. The Hall–Kier alpha value is -4.46. The van der Waals surface area contributed by atoms with Gasteiger partial charge in [0.15, 0.2) is 0 Å². The molecule has 0 radical (unpaired) electrons. The maximum absolute atomic E-state index is 13.9. The molecule has 4 aromatic rings. The smallest absolute Gasteiger partial charge is 0.260 e. The Labute approximate surface area is 213 Å². The Morgan fingerprint density at radius 1 is 0.919 bits per heavy atom. The number of aromatic nitrogens is 2. The highest BCUT2D eigenvalue weighted by molar-refractivity contribution is 6.17. The minimum Gasteiger partial charge on any atom is -0.331 e. The minimum atomic E-state index is -0.646. The summed E-state index contributed by atoms with van der Waals surface area (Å²) >= 11 is 0. The molecule has 8 nitrogen and oxygen atoms in total. The van der Waals surface area contributed by atoms with E-state index >= 15 is 0 Å². The van der Waals surface area contributed by atoms with Crippen molar-refractivity contribution in [2.45, 2.75) is 25.0 Å². The van der Waals surface area contributed by atoms with Crippen LogP contribution in [0.5, 0.6) is 0 Å². The summed E-state index contributed by atoms with van der Waals surface area (Å²) in [6.07, 6.45) is 1.04. The molecule has 37 heavy (non-hydrogen) atoms. The summed E-state index contributed by atoms with van der Waals surface area (Å²) in [5.41, 5.74) is 4.25. The normalized spacial score (nSPS) is 20.4. The zero-order valence-electron chi connectivity index (χ0n) is 20.4. The van der Waals surface area contributed by atoms with Gasteiger partial charge in [0.1, 0.15) is 18.5 Å². The molecule has 0 unspecified atom stereocenters. The quantitative estimate of drug-likeness (QED) is 0.433. The first-order valence-corrected chi connectivity index (χ1v) is 12.6. The molecule has 3 aromatic carbocycles. The number of fused-ring (bicyclic) bond motifs is 6. The molecular weight excluding hydrogens is 466 g/mol. The van der Waals surface area contributed by atoms with Gasteiger partial charge in [-0.1, -0.05) is 42.5 Å². The van der Waals surface area contributed by atoms with E-state index < -0.39 is 6.17 Å².